The van der Waals surface area contributed by atoms with E-state index in [2.05, 4.69) is 146 Å². The molecular weight excluding hydrogens is 588 g/mol. The third-order valence-electron chi connectivity index (χ3n) is 9.46. The van der Waals surface area contributed by atoms with Gasteiger partial charge >= 0.3 is 5.97 Å². The van der Waals surface area contributed by atoms with Crippen LogP contribution in [0.4, 0.5) is 17.1 Å². The van der Waals surface area contributed by atoms with Crippen molar-refractivity contribution in [1.82, 2.24) is 4.90 Å². The van der Waals surface area contributed by atoms with Crippen molar-refractivity contribution in [3.8, 4) is 0 Å². The van der Waals surface area contributed by atoms with E-state index in [0.29, 0.717) is 17.5 Å². The van der Waals surface area contributed by atoms with Crippen molar-refractivity contribution in [3.63, 3.8) is 0 Å². The number of ether oxygens (including phenoxy) is 1. The molecule has 3 aliphatic carbocycles. The number of nitrogens with zero attached hydrogens (tertiary/aromatic N) is 2. The van der Waals surface area contributed by atoms with Crippen molar-refractivity contribution in [3.05, 3.63) is 173 Å². The lowest BCUT2D eigenvalue weighted by molar-refractivity contribution is -0.140. The molecule has 0 fully saturated rings. The minimum atomic E-state index is -0.375. The number of hydrogen-bond acceptors (Lipinski definition) is 4. The Bertz CT molecular complexity index is 1830. The van der Waals surface area contributed by atoms with Crippen LogP contribution in [0.1, 0.15) is 69.1 Å². The summed E-state index contributed by atoms with van der Waals surface area (Å²) in [4.78, 5) is 16.7. The fraction of sp³-hybridized carbons (Fsp3) is 0.250. The van der Waals surface area contributed by atoms with Gasteiger partial charge in [-0.25, -0.2) is 4.79 Å². The maximum atomic E-state index is 11.9. The van der Waals surface area contributed by atoms with Crippen molar-refractivity contribution in [2.24, 2.45) is 0 Å². The second-order valence-corrected chi connectivity index (χ2v) is 13.2. The highest BCUT2D eigenvalue weighted by molar-refractivity contribution is 5.87. The zero-order valence-electron chi connectivity index (χ0n) is 28.7. The first kappa shape index (κ1) is 32.8. The van der Waals surface area contributed by atoms with E-state index in [-0.39, 0.29) is 12.6 Å². The molecule has 2 atom stereocenters. The Kier molecular flexibility index (Phi) is 10.1. The van der Waals surface area contributed by atoms with Crippen molar-refractivity contribution < 1.29 is 9.53 Å². The summed E-state index contributed by atoms with van der Waals surface area (Å²) in [5.74, 6) is -0.0385. The largest absolute Gasteiger partial charge is 0.457 e. The van der Waals surface area contributed by atoms with E-state index in [1.165, 1.54) is 33.7 Å². The lowest BCUT2D eigenvalue weighted by Gasteiger charge is -2.38. The second kappa shape index (κ2) is 14.8. The smallest absolute Gasteiger partial charge is 0.333 e. The van der Waals surface area contributed by atoms with E-state index in [0.717, 1.165) is 48.3 Å². The molecule has 244 valence electrons. The second-order valence-electron chi connectivity index (χ2n) is 13.2. The highest BCUT2D eigenvalue weighted by Crippen LogP contribution is 2.40. The van der Waals surface area contributed by atoms with E-state index in [4.69, 9.17) is 4.74 Å². The summed E-state index contributed by atoms with van der Waals surface area (Å²) in [6.45, 7) is 12.2. The van der Waals surface area contributed by atoms with E-state index >= 15 is 0 Å². The van der Waals surface area contributed by atoms with Crippen molar-refractivity contribution in [2.45, 2.75) is 71.9 Å². The number of allylic oxidation sites excluding steroid dienone is 9. The first-order valence-corrected chi connectivity index (χ1v) is 17.0. The number of carbonyl (C=O) groups is 1. The number of benzene rings is 3. The predicted molar refractivity (Wildman–Crippen MR) is 199 cm³/mol. The summed E-state index contributed by atoms with van der Waals surface area (Å²) in [5, 5.41) is 0. The molecule has 0 spiro atoms. The van der Waals surface area contributed by atoms with Gasteiger partial charge in [-0.15, -0.1) is 0 Å². The predicted octanol–water partition coefficient (Wildman–Crippen LogP) is 11.2. The minimum absolute atomic E-state index is 0.218. The monoisotopic (exact) mass is 634 g/mol. The molecule has 4 heteroatoms. The number of rotatable bonds is 10. The number of carbonyl (C=O) groups excluding carboxylic acids is 1. The van der Waals surface area contributed by atoms with Gasteiger partial charge in [0.25, 0.3) is 0 Å². The molecule has 0 N–H and O–H groups in total. The van der Waals surface area contributed by atoms with Gasteiger partial charge in [-0.3, -0.25) is 0 Å². The molecule has 0 aromatic heterocycles. The maximum absolute atomic E-state index is 11.9. The van der Waals surface area contributed by atoms with Crippen LogP contribution < -0.4 is 4.90 Å². The Hall–Kier alpha value is -5.09. The molecular formula is C44H46N2O2. The molecule has 3 aromatic rings. The quantitative estimate of drug-likeness (QED) is 0.164. The van der Waals surface area contributed by atoms with E-state index < -0.39 is 0 Å². The van der Waals surface area contributed by atoms with Crippen LogP contribution in [-0.2, 0) is 16.1 Å². The molecule has 3 aliphatic rings. The Labute approximate surface area is 286 Å². The summed E-state index contributed by atoms with van der Waals surface area (Å²) < 4.78 is 5.36. The minimum Gasteiger partial charge on any atom is -0.457 e. The zero-order valence-corrected chi connectivity index (χ0v) is 28.7. The molecule has 0 saturated carbocycles. The van der Waals surface area contributed by atoms with Crippen LogP contribution in [0.3, 0.4) is 0 Å². The average molecular weight is 635 g/mol. The van der Waals surface area contributed by atoms with Gasteiger partial charge in [0.05, 0.1) is 6.04 Å². The lowest BCUT2D eigenvalue weighted by Crippen LogP contribution is -2.33. The van der Waals surface area contributed by atoms with Gasteiger partial charge in [-0.2, -0.15) is 0 Å². The van der Waals surface area contributed by atoms with Gasteiger partial charge in [-0.05, 0) is 113 Å². The molecule has 6 rings (SSSR count). The summed E-state index contributed by atoms with van der Waals surface area (Å²) in [5.41, 5.74) is 12.6. The molecule has 2 unspecified atom stereocenters. The van der Waals surface area contributed by atoms with Crippen LogP contribution in [0.5, 0.6) is 0 Å². The molecule has 0 amide bonds. The topological polar surface area (TPSA) is 32.8 Å². The number of hydrogen-bond donors (Lipinski definition) is 0. The van der Waals surface area contributed by atoms with Crippen LogP contribution in [0.15, 0.2) is 156 Å². The van der Waals surface area contributed by atoms with Gasteiger partial charge < -0.3 is 14.5 Å². The lowest BCUT2D eigenvalue weighted by atomic mass is 9.84. The highest BCUT2D eigenvalue weighted by Gasteiger charge is 2.26. The summed E-state index contributed by atoms with van der Waals surface area (Å²) in [6.07, 6.45) is 22.6. The highest BCUT2D eigenvalue weighted by atomic mass is 16.5. The van der Waals surface area contributed by atoms with Gasteiger partial charge in [0.15, 0.2) is 0 Å². The fourth-order valence-corrected chi connectivity index (χ4v) is 6.65. The van der Waals surface area contributed by atoms with Gasteiger partial charge in [-0.1, -0.05) is 96.1 Å². The number of esters is 1. The summed E-state index contributed by atoms with van der Waals surface area (Å²) in [6, 6.07) is 26.2. The normalized spacial score (nSPS) is 18.7. The molecule has 4 nitrogen and oxygen atoms in total. The van der Waals surface area contributed by atoms with Gasteiger partial charge in [0.2, 0.25) is 0 Å². The molecule has 48 heavy (non-hydrogen) atoms. The van der Waals surface area contributed by atoms with Crippen LogP contribution in [0.25, 0.3) is 0 Å². The van der Waals surface area contributed by atoms with Crippen LogP contribution in [-0.4, -0.2) is 16.9 Å². The SMILES string of the molecule is C=C(C)C(=O)OCc1ccc(N(c2ccc(C)cc2)c2ccc(C3CC=C(N(C4=CC=C(C)CC4)C4C=CC=CC4)C=C3C)cc2)cc1. The van der Waals surface area contributed by atoms with Crippen LogP contribution >= 0.6 is 0 Å². The van der Waals surface area contributed by atoms with Crippen molar-refractivity contribution >= 4 is 23.0 Å². The third-order valence-corrected chi connectivity index (χ3v) is 9.46. The van der Waals surface area contributed by atoms with Crippen LogP contribution in [0, 0.1) is 6.92 Å². The molecule has 0 aliphatic heterocycles. The Balaban J connectivity index is 1.23. The van der Waals surface area contributed by atoms with E-state index in [1.807, 2.05) is 12.1 Å². The van der Waals surface area contributed by atoms with Gasteiger partial charge in [0.1, 0.15) is 6.61 Å². The molecule has 3 aromatic carbocycles. The molecule has 0 radical (unpaired) electrons. The summed E-state index contributed by atoms with van der Waals surface area (Å²) >= 11 is 0. The molecule has 0 bridgehead atoms. The van der Waals surface area contributed by atoms with E-state index in [1.54, 1.807) is 6.92 Å². The Morgan fingerprint density at radius 1 is 0.833 bits per heavy atom. The average Bonchev–Trinajstić information content (AvgIpc) is 3.10. The van der Waals surface area contributed by atoms with Crippen molar-refractivity contribution in [1.29, 1.82) is 0 Å². The maximum Gasteiger partial charge on any atom is 0.333 e. The molecule has 0 saturated heterocycles. The zero-order chi connectivity index (χ0) is 33.6. The van der Waals surface area contributed by atoms with Crippen molar-refractivity contribution in [2.75, 3.05) is 4.90 Å². The first-order chi connectivity index (χ1) is 23.3. The fourth-order valence-electron chi connectivity index (χ4n) is 6.65. The number of aryl methyl sites for hydroxylation is 1. The van der Waals surface area contributed by atoms with Crippen LogP contribution in [0.2, 0.25) is 0 Å². The third kappa shape index (κ3) is 7.55. The Morgan fingerprint density at radius 3 is 2.08 bits per heavy atom. The Morgan fingerprint density at radius 2 is 1.50 bits per heavy atom. The number of anilines is 3. The standard InChI is InChI=1S/C44H46N2O2/c1-31(2)44(47)48-30-35-15-23-40(24-16-35)45(38-19-11-32(3)12-20-38)41-25-17-36(18-26-41)43-28-27-42(29-34(43)5)46(37-9-7-6-8-10-37)39-21-13-33(4)14-22-39/h6-9,11-13,15-21,23-27,29,37,43H,1,10,14,22,28,30H2,2-5H3. The summed E-state index contributed by atoms with van der Waals surface area (Å²) in [7, 11) is 0. The molecule has 0 heterocycles. The van der Waals surface area contributed by atoms with Gasteiger partial charge in [0, 0.05) is 39.9 Å². The first-order valence-electron chi connectivity index (χ1n) is 17.0. The van der Waals surface area contributed by atoms with E-state index in [9.17, 15) is 4.79 Å².